The summed E-state index contributed by atoms with van der Waals surface area (Å²) in [6.07, 6.45) is 3.38. The predicted octanol–water partition coefficient (Wildman–Crippen LogP) is 0.362. The van der Waals surface area contributed by atoms with E-state index < -0.39 is 10.0 Å². The Bertz CT molecular complexity index is 683. The lowest BCUT2D eigenvalue weighted by Crippen LogP contribution is -2.28. The van der Waals surface area contributed by atoms with E-state index in [9.17, 15) is 8.42 Å². The molecule has 0 radical (unpaired) electrons. The number of rotatable bonds is 7. The van der Waals surface area contributed by atoms with E-state index in [2.05, 4.69) is 9.82 Å². The van der Waals surface area contributed by atoms with E-state index in [1.807, 2.05) is 0 Å². The minimum atomic E-state index is -3.68. The number of aromatic nitrogens is 2. The van der Waals surface area contributed by atoms with Gasteiger partial charge >= 0.3 is 0 Å². The molecule has 0 atom stereocenters. The van der Waals surface area contributed by atoms with E-state index in [-0.39, 0.29) is 23.8 Å². The first-order chi connectivity index (χ1) is 10.1. The predicted molar refractivity (Wildman–Crippen MR) is 76.3 cm³/mol. The Kier molecular flexibility index (Phi) is 4.94. The fourth-order valence-electron chi connectivity index (χ4n) is 1.84. The maximum absolute atomic E-state index is 12.3. The van der Waals surface area contributed by atoms with Crippen molar-refractivity contribution in [3.05, 3.63) is 42.2 Å². The fourth-order valence-corrected chi connectivity index (χ4v) is 3.01. The first-order valence-corrected chi connectivity index (χ1v) is 7.80. The molecule has 0 bridgehead atoms. The van der Waals surface area contributed by atoms with Gasteiger partial charge in [0.1, 0.15) is 10.6 Å². The van der Waals surface area contributed by atoms with Gasteiger partial charge in [0.15, 0.2) is 0 Å². The lowest BCUT2D eigenvalue weighted by molar-refractivity contribution is 0.280. The highest BCUT2D eigenvalue weighted by atomic mass is 32.2. The molecule has 0 saturated heterocycles. The van der Waals surface area contributed by atoms with Crippen molar-refractivity contribution in [2.24, 2.45) is 0 Å². The number of aliphatic hydroxyl groups is 1. The third kappa shape index (κ3) is 3.81. The minimum Gasteiger partial charge on any atom is -0.495 e. The van der Waals surface area contributed by atoms with Crippen LogP contribution in [0.5, 0.6) is 5.75 Å². The average molecular weight is 311 g/mol. The largest absolute Gasteiger partial charge is 0.495 e. The number of ether oxygens (including phenoxy) is 1. The molecule has 2 rings (SSSR count). The molecule has 114 valence electrons. The quantitative estimate of drug-likeness (QED) is 0.770. The van der Waals surface area contributed by atoms with Gasteiger partial charge in [-0.05, 0) is 23.8 Å². The van der Waals surface area contributed by atoms with E-state index in [1.165, 1.54) is 19.2 Å². The van der Waals surface area contributed by atoms with Gasteiger partial charge in [-0.2, -0.15) is 5.10 Å². The average Bonchev–Trinajstić information content (AvgIpc) is 2.99. The summed E-state index contributed by atoms with van der Waals surface area (Å²) in [6.45, 7) is 0.474. The van der Waals surface area contributed by atoms with Crippen LogP contribution in [0.15, 0.2) is 41.6 Å². The molecular formula is C13H17N3O4S. The summed E-state index contributed by atoms with van der Waals surface area (Å²) in [6, 6.07) is 6.23. The molecule has 0 amide bonds. The van der Waals surface area contributed by atoms with Gasteiger partial charge in [0.25, 0.3) is 0 Å². The second-order valence-corrected chi connectivity index (χ2v) is 6.05. The number of methoxy groups -OCH3 is 1. The second-order valence-electron chi connectivity index (χ2n) is 4.31. The molecule has 7 nitrogen and oxygen atoms in total. The van der Waals surface area contributed by atoms with E-state index in [0.29, 0.717) is 12.1 Å². The van der Waals surface area contributed by atoms with Gasteiger partial charge in [-0.3, -0.25) is 4.68 Å². The summed E-state index contributed by atoms with van der Waals surface area (Å²) >= 11 is 0. The number of benzene rings is 1. The molecule has 0 aliphatic heterocycles. The van der Waals surface area contributed by atoms with Gasteiger partial charge in [0.2, 0.25) is 10.0 Å². The molecule has 1 aromatic heterocycles. The molecule has 0 fully saturated rings. The molecule has 1 heterocycles. The Morgan fingerprint density at radius 3 is 2.86 bits per heavy atom. The van der Waals surface area contributed by atoms with E-state index in [4.69, 9.17) is 9.84 Å². The summed E-state index contributed by atoms with van der Waals surface area (Å²) in [5.74, 6) is 0.202. The van der Waals surface area contributed by atoms with Crippen LogP contribution in [0, 0.1) is 0 Å². The summed E-state index contributed by atoms with van der Waals surface area (Å²) in [5, 5.41) is 13.1. The molecule has 2 aromatic rings. The minimum absolute atomic E-state index is 0.0441. The van der Waals surface area contributed by atoms with Gasteiger partial charge in [-0.25, -0.2) is 13.1 Å². The van der Waals surface area contributed by atoms with Crippen LogP contribution in [0.1, 0.15) is 5.56 Å². The van der Waals surface area contributed by atoms with Crippen LogP contribution in [0.25, 0.3) is 0 Å². The van der Waals surface area contributed by atoms with Crippen LogP contribution in [0.4, 0.5) is 0 Å². The smallest absolute Gasteiger partial charge is 0.244 e. The number of aliphatic hydroxyl groups excluding tert-OH is 1. The van der Waals surface area contributed by atoms with Crippen LogP contribution in [0.2, 0.25) is 0 Å². The van der Waals surface area contributed by atoms with Gasteiger partial charge in [-0.15, -0.1) is 0 Å². The summed E-state index contributed by atoms with van der Waals surface area (Å²) < 4.78 is 33.7. The van der Waals surface area contributed by atoms with Crippen molar-refractivity contribution in [1.82, 2.24) is 14.5 Å². The van der Waals surface area contributed by atoms with Gasteiger partial charge in [0, 0.05) is 18.9 Å². The lowest BCUT2D eigenvalue weighted by atomic mass is 10.2. The third-order valence-corrected chi connectivity index (χ3v) is 4.39. The molecule has 2 N–H and O–H groups in total. The molecule has 0 aliphatic rings. The van der Waals surface area contributed by atoms with Crippen molar-refractivity contribution >= 4 is 10.0 Å². The van der Waals surface area contributed by atoms with Crippen LogP contribution >= 0.6 is 0 Å². The standard InChI is InChI=1S/C13H17N3O4S/c1-20-12-9-11(10-17)3-4-13(12)21(18,19)15-6-8-16-7-2-5-14-16/h2-5,7,9,15,17H,6,8,10H2,1H3. The van der Waals surface area contributed by atoms with Crippen LogP contribution in [-0.4, -0.2) is 37.0 Å². The molecule has 0 unspecified atom stereocenters. The van der Waals surface area contributed by atoms with Crippen molar-refractivity contribution in [2.45, 2.75) is 18.0 Å². The first kappa shape index (κ1) is 15.5. The summed E-state index contributed by atoms with van der Waals surface area (Å²) in [4.78, 5) is 0.0441. The molecular weight excluding hydrogens is 294 g/mol. The molecule has 8 heteroatoms. The highest BCUT2D eigenvalue weighted by Crippen LogP contribution is 2.24. The van der Waals surface area contributed by atoms with Gasteiger partial charge < -0.3 is 9.84 Å². The number of hydrogen-bond donors (Lipinski definition) is 2. The zero-order valence-corrected chi connectivity index (χ0v) is 12.4. The molecule has 0 aliphatic carbocycles. The SMILES string of the molecule is COc1cc(CO)ccc1S(=O)(=O)NCCn1cccn1. The summed E-state index contributed by atoms with van der Waals surface area (Å²) in [5.41, 5.74) is 0.586. The monoisotopic (exact) mass is 311 g/mol. The number of hydrogen-bond acceptors (Lipinski definition) is 5. The van der Waals surface area contributed by atoms with Gasteiger partial charge in [-0.1, -0.05) is 6.07 Å². The summed E-state index contributed by atoms with van der Waals surface area (Å²) in [7, 11) is -2.29. The normalized spacial score (nSPS) is 11.5. The maximum Gasteiger partial charge on any atom is 0.244 e. The Morgan fingerprint density at radius 2 is 2.24 bits per heavy atom. The highest BCUT2D eigenvalue weighted by Gasteiger charge is 2.19. The number of sulfonamides is 1. The Balaban J connectivity index is 2.11. The molecule has 0 spiro atoms. The van der Waals surface area contributed by atoms with Crippen molar-refractivity contribution in [3.8, 4) is 5.75 Å². The third-order valence-electron chi connectivity index (χ3n) is 2.89. The topological polar surface area (TPSA) is 93.5 Å². The van der Waals surface area contributed by atoms with Crippen LogP contribution in [-0.2, 0) is 23.2 Å². The Labute approximate surface area is 123 Å². The van der Waals surface area contributed by atoms with Crippen molar-refractivity contribution in [1.29, 1.82) is 0 Å². The first-order valence-electron chi connectivity index (χ1n) is 6.31. The molecule has 0 saturated carbocycles. The van der Waals surface area contributed by atoms with E-state index in [0.717, 1.165) is 0 Å². The zero-order valence-electron chi connectivity index (χ0n) is 11.6. The highest BCUT2D eigenvalue weighted by molar-refractivity contribution is 7.89. The van der Waals surface area contributed by atoms with Gasteiger partial charge in [0.05, 0.1) is 20.3 Å². The fraction of sp³-hybridized carbons (Fsp3) is 0.308. The van der Waals surface area contributed by atoms with E-state index >= 15 is 0 Å². The Hall–Kier alpha value is -1.90. The van der Waals surface area contributed by atoms with E-state index in [1.54, 1.807) is 29.2 Å². The van der Waals surface area contributed by atoms with Crippen molar-refractivity contribution < 1.29 is 18.3 Å². The van der Waals surface area contributed by atoms with Crippen LogP contribution in [0.3, 0.4) is 0 Å². The molecule has 21 heavy (non-hydrogen) atoms. The Morgan fingerprint density at radius 1 is 1.43 bits per heavy atom. The number of nitrogens with zero attached hydrogens (tertiary/aromatic N) is 2. The number of nitrogens with one attached hydrogen (secondary N) is 1. The molecule has 1 aromatic carbocycles. The second kappa shape index (κ2) is 6.70. The zero-order chi connectivity index (χ0) is 15.3. The van der Waals surface area contributed by atoms with Crippen LogP contribution < -0.4 is 9.46 Å². The lowest BCUT2D eigenvalue weighted by Gasteiger charge is -2.11. The van der Waals surface area contributed by atoms with Crippen molar-refractivity contribution in [2.75, 3.05) is 13.7 Å². The maximum atomic E-state index is 12.3. The van der Waals surface area contributed by atoms with Crippen molar-refractivity contribution in [3.63, 3.8) is 0 Å².